The molecule has 0 amide bonds. The summed E-state index contributed by atoms with van der Waals surface area (Å²) >= 11 is 0. The monoisotopic (exact) mass is 249 g/mol. The van der Waals surface area contributed by atoms with Crippen LogP contribution in [-0.2, 0) is 0 Å². The van der Waals surface area contributed by atoms with E-state index in [9.17, 15) is 0 Å². The Labute approximate surface area is 112 Å². The highest BCUT2D eigenvalue weighted by Gasteiger charge is 2.09. The lowest BCUT2D eigenvalue weighted by atomic mass is 10.2. The molecule has 1 aromatic heterocycles. The average Bonchev–Trinajstić information content (AvgIpc) is 2.93. The van der Waals surface area contributed by atoms with Crippen LogP contribution >= 0.6 is 0 Å². The largest absolute Gasteiger partial charge is 0.373 e. The van der Waals surface area contributed by atoms with Crippen molar-refractivity contribution in [3.05, 3.63) is 66.7 Å². The zero-order valence-corrected chi connectivity index (χ0v) is 10.7. The summed E-state index contributed by atoms with van der Waals surface area (Å²) in [5.74, 6) is 0.977. The minimum Gasteiger partial charge on any atom is -0.373 e. The Kier molecular flexibility index (Phi) is 3.02. The average molecular weight is 249 g/mol. The van der Waals surface area contributed by atoms with E-state index in [1.165, 1.54) is 0 Å². The predicted octanol–water partition coefficient (Wildman–Crippen LogP) is 3.58. The van der Waals surface area contributed by atoms with Gasteiger partial charge in [0.1, 0.15) is 5.82 Å². The molecule has 3 nitrogen and oxygen atoms in total. The highest BCUT2D eigenvalue weighted by Crippen LogP contribution is 2.24. The fraction of sp³-hybridized carbons (Fsp3) is 0.0625. The van der Waals surface area contributed by atoms with Crippen LogP contribution in [0.3, 0.4) is 0 Å². The Bertz CT molecular complexity index is 657. The molecule has 0 saturated heterocycles. The van der Waals surface area contributed by atoms with E-state index in [1.807, 2.05) is 60.3 Å². The molecule has 2 aromatic carbocycles. The fourth-order valence-electron chi connectivity index (χ4n) is 2.08. The number of hydrogen-bond acceptors (Lipinski definition) is 2. The number of benzene rings is 2. The molecule has 3 aromatic rings. The molecular weight excluding hydrogens is 234 g/mol. The topological polar surface area (TPSA) is 29.9 Å². The van der Waals surface area contributed by atoms with Gasteiger partial charge in [0.05, 0.1) is 11.4 Å². The standard InChI is InChI=1S/C16H15N3/c1-17-16-12-15(13-8-4-2-5-9-13)18-19(16)14-10-6-3-7-11-14/h2-12,17H,1H3. The molecule has 0 atom stereocenters. The predicted molar refractivity (Wildman–Crippen MR) is 78.5 cm³/mol. The van der Waals surface area contributed by atoms with Gasteiger partial charge in [0, 0.05) is 18.7 Å². The first-order valence-corrected chi connectivity index (χ1v) is 6.27. The van der Waals surface area contributed by atoms with Crippen molar-refractivity contribution < 1.29 is 0 Å². The number of anilines is 1. The van der Waals surface area contributed by atoms with Crippen LogP contribution in [0.4, 0.5) is 5.82 Å². The van der Waals surface area contributed by atoms with Gasteiger partial charge in [0.25, 0.3) is 0 Å². The molecule has 0 aliphatic rings. The normalized spacial score (nSPS) is 10.4. The van der Waals surface area contributed by atoms with Gasteiger partial charge >= 0.3 is 0 Å². The van der Waals surface area contributed by atoms with Gasteiger partial charge in [0.15, 0.2) is 0 Å². The van der Waals surface area contributed by atoms with E-state index in [1.54, 1.807) is 0 Å². The van der Waals surface area contributed by atoms with Gasteiger partial charge in [-0.05, 0) is 12.1 Å². The molecule has 19 heavy (non-hydrogen) atoms. The molecule has 0 unspecified atom stereocenters. The Morgan fingerprint density at radius 1 is 0.895 bits per heavy atom. The van der Waals surface area contributed by atoms with Crippen molar-refractivity contribution >= 4 is 5.82 Å². The second-order valence-corrected chi connectivity index (χ2v) is 4.28. The maximum Gasteiger partial charge on any atom is 0.130 e. The van der Waals surface area contributed by atoms with Crippen molar-refractivity contribution in [3.8, 4) is 16.9 Å². The number of nitrogens with zero attached hydrogens (tertiary/aromatic N) is 2. The van der Waals surface area contributed by atoms with E-state index in [-0.39, 0.29) is 0 Å². The van der Waals surface area contributed by atoms with E-state index in [0.717, 1.165) is 22.8 Å². The van der Waals surface area contributed by atoms with Crippen LogP contribution in [0.15, 0.2) is 66.7 Å². The third-order valence-electron chi connectivity index (χ3n) is 3.04. The molecule has 0 spiro atoms. The molecule has 0 saturated carbocycles. The zero-order chi connectivity index (χ0) is 13.1. The molecular formula is C16H15N3. The number of rotatable bonds is 3. The van der Waals surface area contributed by atoms with Gasteiger partial charge in [-0.15, -0.1) is 0 Å². The van der Waals surface area contributed by atoms with Crippen LogP contribution in [0.5, 0.6) is 0 Å². The Balaban J connectivity index is 2.09. The van der Waals surface area contributed by atoms with E-state index in [0.29, 0.717) is 0 Å². The lowest BCUT2D eigenvalue weighted by molar-refractivity contribution is 0.889. The van der Waals surface area contributed by atoms with E-state index < -0.39 is 0 Å². The van der Waals surface area contributed by atoms with Crippen LogP contribution < -0.4 is 5.32 Å². The minimum absolute atomic E-state index is 0.966. The summed E-state index contributed by atoms with van der Waals surface area (Å²) in [4.78, 5) is 0. The first-order valence-electron chi connectivity index (χ1n) is 6.27. The van der Waals surface area contributed by atoms with Gasteiger partial charge < -0.3 is 5.32 Å². The van der Waals surface area contributed by atoms with Gasteiger partial charge in [-0.25, -0.2) is 4.68 Å². The fourth-order valence-corrected chi connectivity index (χ4v) is 2.08. The molecule has 3 heteroatoms. The lowest BCUT2D eigenvalue weighted by Gasteiger charge is -2.05. The molecule has 1 N–H and O–H groups in total. The summed E-state index contributed by atoms with van der Waals surface area (Å²) in [5, 5.41) is 7.86. The summed E-state index contributed by atoms with van der Waals surface area (Å²) in [6, 6.07) is 22.4. The van der Waals surface area contributed by atoms with Crippen molar-refractivity contribution in [2.45, 2.75) is 0 Å². The first-order chi connectivity index (χ1) is 9.38. The summed E-state index contributed by atoms with van der Waals surface area (Å²) in [6.07, 6.45) is 0. The van der Waals surface area contributed by atoms with E-state index in [4.69, 9.17) is 0 Å². The molecule has 0 radical (unpaired) electrons. The zero-order valence-electron chi connectivity index (χ0n) is 10.7. The van der Waals surface area contributed by atoms with Crippen molar-refractivity contribution in [1.29, 1.82) is 0 Å². The first kappa shape index (κ1) is 11.5. The Morgan fingerprint density at radius 3 is 2.16 bits per heavy atom. The molecule has 3 rings (SSSR count). The highest BCUT2D eigenvalue weighted by atomic mass is 15.3. The summed E-state index contributed by atoms with van der Waals surface area (Å²) in [7, 11) is 1.91. The number of aromatic nitrogens is 2. The Morgan fingerprint density at radius 2 is 1.53 bits per heavy atom. The van der Waals surface area contributed by atoms with Crippen molar-refractivity contribution in [1.82, 2.24) is 9.78 Å². The van der Waals surface area contributed by atoms with E-state index in [2.05, 4.69) is 28.6 Å². The van der Waals surface area contributed by atoms with Gasteiger partial charge in [-0.1, -0.05) is 48.5 Å². The van der Waals surface area contributed by atoms with Gasteiger partial charge in [0.2, 0.25) is 0 Å². The van der Waals surface area contributed by atoms with Crippen molar-refractivity contribution in [2.24, 2.45) is 0 Å². The van der Waals surface area contributed by atoms with E-state index >= 15 is 0 Å². The van der Waals surface area contributed by atoms with Crippen LogP contribution in [0.1, 0.15) is 0 Å². The van der Waals surface area contributed by atoms with Crippen LogP contribution in [0, 0.1) is 0 Å². The Hall–Kier alpha value is -2.55. The third kappa shape index (κ3) is 2.22. The van der Waals surface area contributed by atoms with Gasteiger partial charge in [-0.2, -0.15) is 5.10 Å². The maximum atomic E-state index is 4.68. The van der Waals surface area contributed by atoms with Crippen LogP contribution in [0.2, 0.25) is 0 Å². The maximum absolute atomic E-state index is 4.68. The molecule has 0 fully saturated rings. The molecule has 94 valence electrons. The second-order valence-electron chi connectivity index (χ2n) is 4.28. The lowest BCUT2D eigenvalue weighted by Crippen LogP contribution is -2.01. The quantitative estimate of drug-likeness (QED) is 0.769. The molecule has 0 aliphatic heterocycles. The highest BCUT2D eigenvalue weighted by molar-refractivity contribution is 5.64. The number of para-hydroxylation sites is 1. The van der Waals surface area contributed by atoms with Crippen LogP contribution in [-0.4, -0.2) is 16.8 Å². The van der Waals surface area contributed by atoms with Gasteiger partial charge in [-0.3, -0.25) is 0 Å². The van der Waals surface area contributed by atoms with Crippen molar-refractivity contribution in [3.63, 3.8) is 0 Å². The summed E-state index contributed by atoms with van der Waals surface area (Å²) < 4.78 is 1.92. The minimum atomic E-state index is 0.966. The summed E-state index contributed by atoms with van der Waals surface area (Å²) in [5.41, 5.74) is 3.14. The third-order valence-corrected chi connectivity index (χ3v) is 3.04. The molecule has 0 bridgehead atoms. The van der Waals surface area contributed by atoms with Crippen molar-refractivity contribution in [2.75, 3.05) is 12.4 Å². The smallest absolute Gasteiger partial charge is 0.130 e. The summed E-state index contributed by atoms with van der Waals surface area (Å²) in [6.45, 7) is 0. The number of hydrogen-bond donors (Lipinski definition) is 1. The molecule has 1 heterocycles. The SMILES string of the molecule is CNc1cc(-c2ccccc2)nn1-c1ccccc1. The van der Waals surface area contributed by atoms with Crippen LogP contribution in [0.25, 0.3) is 16.9 Å². The second kappa shape index (κ2) is 4.98. The molecule has 0 aliphatic carbocycles. The number of nitrogens with one attached hydrogen (secondary N) is 1.